The van der Waals surface area contributed by atoms with Gasteiger partial charge in [0.1, 0.15) is 22.3 Å². The van der Waals surface area contributed by atoms with Crippen molar-refractivity contribution >= 4 is 71.7 Å². The minimum absolute atomic E-state index is 0.886. The number of para-hydroxylation sites is 3. The molecule has 0 aliphatic carbocycles. The number of fused-ring (bicyclic) bond motifs is 7. The van der Waals surface area contributed by atoms with Crippen molar-refractivity contribution in [3.05, 3.63) is 224 Å². The summed E-state index contributed by atoms with van der Waals surface area (Å²) in [6.45, 7) is 0. The van der Waals surface area contributed by atoms with E-state index in [1.54, 1.807) is 0 Å². The lowest BCUT2D eigenvalue weighted by Crippen LogP contribution is -2.09. The van der Waals surface area contributed by atoms with Crippen molar-refractivity contribution in [1.29, 1.82) is 0 Å². The normalized spacial score (nSPS) is 11.6. The Labute approximate surface area is 353 Å². The maximum atomic E-state index is 6.49. The van der Waals surface area contributed by atoms with Crippen molar-refractivity contribution in [2.45, 2.75) is 0 Å². The van der Waals surface area contributed by atoms with Crippen LogP contribution in [-0.4, -0.2) is 0 Å². The molecule has 0 atom stereocenters. The summed E-state index contributed by atoms with van der Waals surface area (Å²) in [5, 5.41) is 6.98. The molecule has 61 heavy (non-hydrogen) atoms. The van der Waals surface area contributed by atoms with Crippen LogP contribution in [0, 0.1) is 0 Å². The van der Waals surface area contributed by atoms with E-state index in [0.29, 0.717) is 0 Å². The summed E-state index contributed by atoms with van der Waals surface area (Å²) in [6, 6.07) is 79.8. The second-order valence-corrected chi connectivity index (χ2v) is 15.6. The maximum absolute atomic E-state index is 6.49. The highest BCUT2D eigenvalue weighted by molar-refractivity contribution is 6.11. The first-order valence-corrected chi connectivity index (χ1v) is 20.7. The van der Waals surface area contributed by atoms with E-state index in [0.717, 1.165) is 94.3 Å². The molecule has 3 heteroatoms. The van der Waals surface area contributed by atoms with E-state index in [-0.39, 0.29) is 0 Å². The van der Waals surface area contributed by atoms with Crippen LogP contribution in [0.2, 0.25) is 0 Å². The zero-order chi connectivity index (χ0) is 40.3. The van der Waals surface area contributed by atoms with Gasteiger partial charge in [-0.25, -0.2) is 0 Å². The molecule has 2 aromatic heterocycles. The molecule has 0 bridgehead atoms. The van der Waals surface area contributed by atoms with Gasteiger partial charge in [0.15, 0.2) is 0 Å². The van der Waals surface area contributed by atoms with Crippen molar-refractivity contribution in [2.75, 3.05) is 4.90 Å². The minimum atomic E-state index is 0.886. The van der Waals surface area contributed by atoms with E-state index in [9.17, 15) is 0 Å². The van der Waals surface area contributed by atoms with Crippen LogP contribution in [0.5, 0.6) is 0 Å². The van der Waals surface area contributed by atoms with Gasteiger partial charge in [-0.1, -0.05) is 170 Å². The van der Waals surface area contributed by atoms with Gasteiger partial charge >= 0.3 is 0 Å². The molecule has 3 nitrogen and oxygen atoms in total. The summed E-state index contributed by atoms with van der Waals surface area (Å²) < 4.78 is 12.9. The first-order chi connectivity index (χ1) is 30.2. The third-order valence-electron chi connectivity index (χ3n) is 12.1. The third kappa shape index (κ3) is 5.98. The van der Waals surface area contributed by atoms with E-state index < -0.39 is 0 Å². The van der Waals surface area contributed by atoms with Gasteiger partial charge in [0.25, 0.3) is 0 Å². The van der Waals surface area contributed by atoms with Gasteiger partial charge in [-0.05, 0) is 98.8 Å². The molecule has 0 saturated carbocycles. The lowest BCUT2D eigenvalue weighted by Gasteiger charge is -2.26. The molecular formula is C58H37NO2. The number of hydrogen-bond acceptors (Lipinski definition) is 3. The van der Waals surface area contributed by atoms with Gasteiger partial charge < -0.3 is 13.7 Å². The smallest absolute Gasteiger partial charge is 0.143 e. The summed E-state index contributed by atoms with van der Waals surface area (Å²) in [4.78, 5) is 2.33. The van der Waals surface area contributed by atoms with Crippen LogP contribution in [0.3, 0.4) is 0 Å². The van der Waals surface area contributed by atoms with Gasteiger partial charge in [-0.15, -0.1) is 0 Å². The molecular weight excluding hydrogens is 743 g/mol. The third-order valence-corrected chi connectivity index (χ3v) is 12.1. The Kier molecular flexibility index (Phi) is 8.17. The molecule has 10 aromatic carbocycles. The number of hydrogen-bond donors (Lipinski definition) is 0. The van der Waals surface area contributed by atoms with Crippen LogP contribution in [0.25, 0.3) is 99.2 Å². The van der Waals surface area contributed by atoms with E-state index in [1.165, 1.54) is 21.9 Å². The molecule has 0 amide bonds. The van der Waals surface area contributed by atoms with E-state index in [2.05, 4.69) is 211 Å². The summed E-state index contributed by atoms with van der Waals surface area (Å²) in [7, 11) is 0. The number of furan rings is 2. The van der Waals surface area contributed by atoms with Crippen molar-refractivity contribution in [3.8, 4) is 44.5 Å². The molecule has 0 fully saturated rings. The fourth-order valence-electron chi connectivity index (χ4n) is 9.11. The Morgan fingerprint density at radius 2 is 0.705 bits per heavy atom. The van der Waals surface area contributed by atoms with Crippen molar-refractivity contribution < 1.29 is 8.83 Å². The zero-order valence-corrected chi connectivity index (χ0v) is 33.1. The highest BCUT2D eigenvalue weighted by Crippen LogP contribution is 2.42. The Morgan fingerprint density at radius 3 is 1.38 bits per heavy atom. The van der Waals surface area contributed by atoms with E-state index >= 15 is 0 Å². The topological polar surface area (TPSA) is 29.5 Å². The SMILES string of the molecule is c1ccc(-c2cccc3c2oc2ccc(-c4ccc(N(c5ccc(-c6cccc7ccccc67)cc5)c5ccc(-c6cccc7c6oc6ccccc67)cc5)cc4)cc23)cc1. The van der Waals surface area contributed by atoms with Crippen LogP contribution in [0.1, 0.15) is 0 Å². The molecule has 0 radical (unpaired) electrons. The molecule has 12 aromatic rings. The second kappa shape index (κ2) is 14.3. The fourth-order valence-corrected chi connectivity index (χ4v) is 9.11. The molecule has 0 saturated heterocycles. The number of rotatable bonds is 7. The van der Waals surface area contributed by atoms with Crippen LogP contribution >= 0.6 is 0 Å². The van der Waals surface area contributed by atoms with Gasteiger partial charge in [-0.2, -0.15) is 0 Å². The first-order valence-electron chi connectivity index (χ1n) is 20.7. The van der Waals surface area contributed by atoms with Crippen LogP contribution in [0.15, 0.2) is 233 Å². The average molecular weight is 780 g/mol. The summed E-state index contributed by atoms with van der Waals surface area (Å²) in [5.41, 5.74) is 15.9. The standard InChI is InChI=1S/C58H37NO2/c1-2-11-40(12-3-1)49-18-10-21-53-54-37-43(29-36-56(54)61-58(49)53)38-23-30-44(31-24-38)59(45-32-25-41(26-33-45)48-17-8-14-39-13-4-5-15-47(39)48)46-34-27-42(28-35-46)50-19-9-20-52-51-16-6-7-22-55(51)60-57(50)52/h1-37H. The summed E-state index contributed by atoms with van der Waals surface area (Å²) in [5.74, 6) is 0. The first kappa shape index (κ1) is 34.9. The van der Waals surface area contributed by atoms with Crippen molar-refractivity contribution in [3.63, 3.8) is 0 Å². The number of benzene rings is 10. The number of anilines is 3. The average Bonchev–Trinajstić information content (AvgIpc) is 3.91. The molecule has 0 aliphatic rings. The minimum Gasteiger partial charge on any atom is -0.455 e. The monoisotopic (exact) mass is 779 g/mol. The Hall–Kier alpha value is -8.14. The molecule has 0 unspecified atom stereocenters. The Bertz CT molecular complexity index is 3560. The van der Waals surface area contributed by atoms with Gasteiger partial charge in [-0.3, -0.25) is 0 Å². The van der Waals surface area contributed by atoms with Crippen LogP contribution < -0.4 is 4.90 Å². The molecule has 286 valence electrons. The lowest BCUT2D eigenvalue weighted by atomic mass is 9.98. The molecule has 0 aliphatic heterocycles. The maximum Gasteiger partial charge on any atom is 0.143 e. The highest BCUT2D eigenvalue weighted by atomic mass is 16.3. The Morgan fingerprint density at radius 1 is 0.262 bits per heavy atom. The van der Waals surface area contributed by atoms with E-state index in [1.807, 2.05) is 18.2 Å². The van der Waals surface area contributed by atoms with Gasteiger partial charge in [0, 0.05) is 49.7 Å². The van der Waals surface area contributed by atoms with Crippen molar-refractivity contribution in [2.24, 2.45) is 0 Å². The molecule has 12 rings (SSSR count). The van der Waals surface area contributed by atoms with E-state index in [4.69, 9.17) is 8.83 Å². The summed E-state index contributed by atoms with van der Waals surface area (Å²) in [6.07, 6.45) is 0. The molecule has 0 spiro atoms. The van der Waals surface area contributed by atoms with Gasteiger partial charge in [0.05, 0.1) is 0 Å². The lowest BCUT2D eigenvalue weighted by molar-refractivity contribution is 0.669. The predicted molar refractivity (Wildman–Crippen MR) is 255 cm³/mol. The Balaban J connectivity index is 0.930. The second-order valence-electron chi connectivity index (χ2n) is 15.6. The summed E-state index contributed by atoms with van der Waals surface area (Å²) >= 11 is 0. The predicted octanol–water partition coefficient (Wildman–Crippen LogP) is 16.8. The fraction of sp³-hybridized carbons (Fsp3) is 0. The van der Waals surface area contributed by atoms with Crippen LogP contribution in [0.4, 0.5) is 17.1 Å². The highest BCUT2D eigenvalue weighted by Gasteiger charge is 2.18. The van der Waals surface area contributed by atoms with Crippen LogP contribution in [-0.2, 0) is 0 Å². The number of nitrogens with zero attached hydrogens (tertiary/aromatic N) is 1. The quantitative estimate of drug-likeness (QED) is 0.161. The molecule has 0 N–H and O–H groups in total. The molecule has 2 heterocycles. The zero-order valence-electron chi connectivity index (χ0n) is 33.1. The van der Waals surface area contributed by atoms with Crippen molar-refractivity contribution in [1.82, 2.24) is 0 Å². The van der Waals surface area contributed by atoms with Gasteiger partial charge in [0.2, 0.25) is 0 Å². The largest absolute Gasteiger partial charge is 0.455 e.